The van der Waals surface area contributed by atoms with Crippen molar-refractivity contribution in [1.29, 1.82) is 0 Å². The minimum Gasteiger partial charge on any atom is -0.363 e. The first-order valence-electron chi connectivity index (χ1n) is 9.48. The van der Waals surface area contributed by atoms with Gasteiger partial charge in [0.2, 0.25) is 0 Å². The van der Waals surface area contributed by atoms with Crippen LogP contribution in [0.5, 0.6) is 0 Å². The van der Waals surface area contributed by atoms with Gasteiger partial charge in [0.25, 0.3) is 5.91 Å². The average Bonchev–Trinajstić information content (AvgIpc) is 3.39. The predicted molar refractivity (Wildman–Crippen MR) is 115 cm³/mol. The first-order chi connectivity index (χ1) is 14.6. The molecule has 2 heterocycles. The molecule has 3 aromatic carbocycles. The van der Waals surface area contributed by atoms with E-state index in [1.807, 2.05) is 79.7 Å². The summed E-state index contributed by atoms with van der Waals surface area (Å²) in [5.74, 6) is -0.483. The van der Waals surface area contributed by atoms with Gasteiger partial charge in [-0.3, -0.25) is 4.79 Å². The number of hydrogen-bond donors (Lipinski definition) is 2. The number of benzene rings is 3. The normalized spacial score (nSPS) is 11.1. The number of nitrogens with two attached hydrogens (primary N) is 1. The number of nitrogens with zero attached hydrogens (tertiary/aromatic N) is 4. The lowest BCUT2D eigenvalue weighted by Gasteiger charge is -2.06. The number of hydrogen-bond acceptors (Lipinski definition) is 4. The highest BCUT2D eigenvalue weighted by molar-refractivity contribution is 5.93. The summed E-state index contributed by atoms with van der Waals surface area (Å²) in [6.45, 7) is 2.01. The summed E-state index contributed by atoms with van der Waals surface area (Å²) in [6, 6.07) is 23.6. The molecular weight excluding hydrogens is 376 g/mol. The van der Waals surface area contributed by atoms with Crippen LogP contribution in [0.4, 0.5) is 0 Å². The summed E-state index contributed by atoms with van der Waals surface area (Å²) in [5.41, 5.74) is 12.3. The van der Waals surface area contributed by atoms with Crippen molar-refractivity contribution in [3.8, 4) is 28.2 Å². The number of carbonyl (C=O) groups excluding carboxylic acids is 1. The van der Waals surface area contributed by atoms with E-state index in [9.17, 15) is 4.79 Å². The Labute approximate surface area is 172 Å². The fourth-order valence-electron chi connectivity index (χ4n) is 3.53. The minimum absolute atomic E-state index is 0.122. The van der Waals surface area contributed by atoms with Crippen molar-refractivity contribution in [3.05, 3.63) is 84.2 Å². The second kappa shape index (κ2) is 6.97. The van der Waals surface area contributed by atoms with Crippen molar-refractivity contribution in [2.45, 2.75) is 6.92 Å². The second-order valence-corrected chi connectivity index (χ2v) is 7.08. The Morgan fingerprint density at radius 2 is 1.80 bits per heavy atom. The summed E-state index contributed by atoms with van der Waals surface area (Å²) >= 11 is 0. The van der Waals surface area contributed by atoms with E-state index < -0.39 is 5.91 Å². The van der Waals surface area contributed by atoms with Crippen molar-refractivity contribution < 1.29 is 4.79 Å². The molecule has 0 fully saturated rings. The van der Waals surface area contributed by atoms with Crippen LogP contribution in [0.1, 0.15) is 16.2 Å². The fourth-order valence-corrected chi connectivity index (χ4v) is 3.53. The number of rotatable bonds is 4. The van der Waals surface area contributed by atoms with Gasteiger partial charge in [-0.15, -0.1) is 5.10 Å². The Hall–Kier alpha value is -4.26. The van der Waals surface area contributed by atoms with Crippen molar-refractivity contribution in [2.75, 3.05) is 0 Å². The number of para-hydroxylation sites is 1. The molecule has 3 N–H and O–H groups in total. The van der Waals surface area contributed by atoms with Gasteiger partial charge in [0.05, 0.1) is 22.6 Å². The standard InChI is InChI=1S/C23H18N6O/c1-14-6-5-7-15(12-14)20-21(26-23(25-20)22(24)30)16-10-11-18-19(13-16)29(28-27-18)17-8-3-2-4-9-17/h2-13H,1H3,(H2,24,30)(H,25,26). The summed E-state index contributed by atoms with van der Waals surface area (Å²) in [4.78, 5) is 19.4. The summed E-state index contributed by atoms with van der Waals surface area (Å²) in [6.07, 6.45) is 0. The molecule has 0 aliphatic rings. The van der Waals surface area contributed by atoms with Crippen LogP contribution >= 0.6 is 0 Å². The van der Waals surface area contributed by atoms with E-state index >= 15 is 0 Å². The topological polar surface area (TPSA) is 102 Å². The van der Waals surface area contributed by atoms with Gasteiger partial charge in [-0.25, -0.2) is 9.67 Å². The molecule has 0 spiro atoms. The maximum Gasteiger partial charge on any atom is 0.284 e. The van der Waals surface area contributed by atoms with E-state index in [0.717, 1.165) is 39.1 Å². The van der Waals surface area contributed by atoms with Crippen molar-refractivity contribution in [2.24, 2.45) is 5.73 Å². The quantitative estimate of drug-likeness (QED) is 0.483. The van der Waals surface area contributed by atoms with Gasteiger partial charge in [0.15, 0.2) is 5.82 Å². The third kappa shape index (κ3) is 3.02. The third-order valence-corrected chi connectivity index (χ3v) is 4.96. The Kier molecular flexibility index (Phi) is 4.14. The number of imidazole rings is 1. The van der Waals surface area contributed by atoms with Gasteiger partial charge in [-0.05, 0) is 37.3 Å². The maximum atomic E-state index is 11.8. The molecule has 0 aliphatic heterocycles. The lowest BCUT2D eigenvalue weighted by atomic mass is 10.0. The van der Waals surface area contributed by atoms with Crippen LogP contribution in [0.3, 0.4) is 0 Å². The molecule has 0 bridgehead atoms. The molecule has 0 saturated carbocycles. The second-order valence-electron chi connectivity index (χ2n) is 7.08. The highest BCUT2D eigenvalue weighted by Gasteiger charge is 2.18. The number of fused-ring (bicyclic) bond motifs is 1. The van der Waals surface area contributed by atoms with E-state index in [2.05, 4.69) is 20.3 Å². The molecule has 0 aliphatic carbocycles. The van der Waals surface area contributed by atoms with Crippen LogP contribution in [0.15, 0.2) is 72.8 Å². The van der Waals surface area contributed by atoms with Crippen LogP contribution < -0.4 is 5.73 Å². The van der Waals surface area contributed by atoms with Gasteiger partial charge in [0, 0.05) is 11.1 Å². The molecule has 7 nitrogen and oxygen atoms in total. The highest BCUT2D eigenvalue weighted by atomic mass is 16.1. The maximum absolute atomic E-state index is 11.8. The molecule has 0 unspecified atom stereocenters. The molecule has 2 aromatic heterocycles. The van der Waals surface area contributed by atoms with E-state index in [1.165, 1.54) is 0 Å². The van der Waals surface area contributed by atoms with E-state index in [-0.39, 0.29) is 5.82 Å². The minimum atomic E-state index is -0.604. The number of aromatic amines is 1. The molecule has 146 valence electrons. The van der Waals surface area contributed by atoms with Crippen molar-refractivity contribution >= 4 is 16.9 Å². The molecule has 1 amide bonds. The van der Waals surface area contributed by atoms with Gasteiger partial charge in [-0.2, -0.15) is 0 Å². The molecule has 7 heteroatoms. The molecule has 5 rings (SSSR count). The van der Waals surface area contributed by atoms with Gasteiger partial charge in [0.1, 0.15) is 5.52 Å². The molecular formula is C23H18N6O. The van der Waals surface area contributed by atoms with Crippen LogP contribution in [0, 0.1) is 6.92 Å². The lowest BCUT2D eigenvalue weighted by Crippen LogP contribution is -2.12. The number of amides is 1. The first-order valence-corrected chi connectivity index (χ1v) is 9.48. The zero-order chi connectivity index (χ0) is 20.7. The summed E-state index contributed by atoms with van der Waals surface area (Å²) < 4.78 is 1.79. The molecule has 0 saturated heterocycles. The molecule has 0 atom stereocenters. The molecule has 5 aromatic rings. The Bertz CT molecular complexity index is 1380. The SMILES string of the molecule is Cc1cccc(-c2nc(C(N)=O)[nH]c2-c2ccc3nnn(-c4ccccc4)c3c2)c1. The Morgan fingerprint density at radius 3 is 2.57 bits per heavy atom. The molecule has 0 radical (unpaired) electrons. The van der Waals surface area contributed by atoms with Crippen molar-refractivity contribution in [1.82, 2.24) is 25.0 Å². The van der Waals surface area contributed by atoms with E-state index in [4.69, 9.17) is 5.73 Å². The van der Waals surface area contributed by atoms with Crippen LogP contribution in [0.25, 0.3) is 39.2 Å². The number of carbonyl (C=O) groups is 1. The Morgan fingerprint density at radius 1 is 0.967 bits per heavy atom. The Balaban J connectivity index is 1.71. The fraction of sp³-hybridized carbons (Fsp3) is 0.0435. The van der Waals surface area contributed by atoms with Crippen LogP contribution in [-0.2, 0) is 0 Å². The van der Waals surface area contributed by atoms with Gasteiger partial charge < -0.3 is 10.7 Å². The number of nitrogens with one attached hydrogen (secondary N) is 1. The third-order valence-electron chi connectivity index (χ3n) is 4.96. The highest BCUT2D eigenvalue weighted by Crippen LogP contribution is 2.32. The monoisotopic (exact) mass is 394 g/mol. The molecule has 30 heavy (non-hydrogen) atoms. The van der Waals surface area contributed by atoms with Crippen molar-refractivity contribution in [3.63, 3.8) is 0 Å². The zero-order valence-electron chi connectivity index (χ0n) is 16.2. The first kappa shape index (κ1) is 17.8. The number of H-pyrrole nitrogens is 1. The van der Waals surface area contributed by atoms with E-state index in [1.54, 1.807) is 4.68 Å². The number of aryl methyl sites for hydroxylation is 1. The summed E-state index contributed by atoms with van der Waals surface area (Å²) in [7, 11) is 0. The van der Waals surface area contributed by atoms with Crippen LogP contribution in [0.2, 0.25) is 0 Å². The largest absolute Gasteiger partial charge is 0.363 e. The van der Waals surface area contributed by atoms with Gasteiger partial charge >= 0.3 is 0 Å². The van der Waals surface area contributed by atoms with Gasteiger partial charge in [-0.1, -0.05) is 53.2 Å². The van der Waals surface area contributed by atoms with E-state index in [0.29, 0.717) is 5.69 Å². The van der Waals surface area contributed by atoms with Crippen LogP contribution in [-0.4, -0.2) is 30.9 Å². The smallest absolute Gasteiger partial charge is 0.284 e. The number of primary amides is 1. The lowest BCUT2D eigenvalue weighted by molar-refractivity contribution is 0.0991. The average molecular weight is 394 g/mol. The predicted octanol–water partition coefficient (Wildman–Crippen LogP) is 3.88. The number of aromatic nitrogens is 5. The summed E-state index contributed by atoms with van der Waals surface area (Å²) in [5, 5.41) is 8.56. The zero-order valence-corrected chi connectivity index (χ0v) is 16.2.